The summed E-state index contributed by atoms with van der Waals surface area (Å²) in [6, 6.07) is 7.30. The molecule has 7 heteroatoms. The first kappa shape index (κ1) is 22.0. The topological polar surface area (TPSA) is 69.3 Å². The molecule has 30 heavy (non-hydrogen) atoms. The smallest absolute Gasteiger partial charge is 0.287 e. The van der Waals surface area contributed by atoms with Crippen LogP contribution in [0.1, 0.15) is 65.4 Å². The van der Waals surface area contributed by atoms with E-state index in [4.69, 9.17) is 20.8 Å². The minimum atomic E-state index is -0.268. The maximum absolute atomic E-state index is 12.4. The van der Waals surface area contributed by atoms with Gasteiger partial charge in [0, 0.05) is 29.4 Å². The standard InChI is InChI=1S/C23H28ClN3O3/c1-6-27-16(5)17(12-26-27)11-25-23(28)21-8-7-18(30-21)13-29-22-9-15(4)20(24)10-19(22)14(2)3/h7-10,12,14H,6,11,13H2,1-5H3,(H,25,28). The molecule has 2 aromatic heterocycles. The van der Waals surface area contributed by atoms with Gasteiger partial charge in [-0.3, -0.25) is 9.48 Å². The summed E-state index contributed by atoms with van der Waals surface area (Å²) in [4.78, 5) is 12.4. The van der Waals surface area contributed by atoms with Crippen molar-refractivity contribution in [2.75, 3.05) is 0 Å². The van der Waals surface area contributed by atoms with Crippen molar-refractivity contribution in [2.45, 2.75) is 60.2 Å². The third-order valence-corrected chi connectivity index (χ3v) is 5.52. The first-order valence-electron chi connectivity index (χ1n) is 10.1. The van der Waals surface area contributed by atoms with Crippen LogP contribution in [0.15, 0.2) is 34.9 Å². The number of aromatic nitrogens is 2. The molecule has 3 rings (SSSR count). The van der Waals surface area contributed by atoms with Crippen LogP contribution < -0.4 is 10.1 Å². The third kappa shape index (κ3) is 4.87. The van der Waals surface area contributed by atoms with Crippen molar-refractivity contribution in [3.63, 3.8) is 0 Å². The fraction of sp³-hybridized carbons (Fsp3) is 0.391. The van der Waals surface area contributed by atoms with Crippen LogP contribution in [-0.4, -0.2) is 15.7 Å². The molecule has 0 atom stereocenters. The Bertz CT molecular complexity index is 1040. The van der Waals surface area contributed by atoms with Gasteiger partial charge in [-0.15, -0.1) is 0 Å². The summed E-state index contributed by atoms with van der Waals surface area (Å²) in [6.45, 7) is 11.6. The quantitative estimate of drug-likeness (QED) is 0.520. The maximum atomic E-state index is 12.4. The molecule has 1 aromatic carbocycles. The van der Waals surface area contributed by atoms with Gasteiger partial charge in [-0.25, -0.2) is 0 Å². The van der Waals surface area contributed by atoms with E-state index in [2.05, 4.69) is 24.3 Å². The molecular weight excluding hydrogens is 402 g/mol. The van der Waals surface area contributed by atoms with E-state index >= 15 is 0 Å². The highest BCUT2D eigenvalue weighted by atomic mass is 35.5. The van der Waals surface area contributed by atoms with Gasteiger partial charge in [-0.05, 0) is 62.1 Å². The number of aryl methyl sites for hydroxylation is 2. The average Bonchev–Trinajstić information content (AvgIpc) is 3.33. The van der Waals surface area contributed by atoms with Crippen molar-refractivity contribution in [3.05, 3.63) is 69.4 Å². The van der Waals surface area contributed by atoms with Gasteiger partial charge in [0.15, 0.2) is 5.76 Å². The van der Waals surface area contributed by atoms with Crippen LogP contribution >= 0.6 is 11.6 Å². The Kier molecular flexibility index (Phi) is 6.87. The van der Waals surface area contributed by atoms with E-state index in [0.29, 0.717) is 12.3 Å². The van der Waals surface area contributed by atoms with Gasteiger partial charge >= 0.3 is 0 Å². The molecule has 3 aromatic rings. The highest BCUT2D eigenvalue weighted by molar-refractivity contribution is 6.31. The summed E-state index contributed by atoms with van der Waals surface area (Å²) in [5, 5.41) is 7.89. The lowest BCUT2D eigenvalue weighted by molar-refractivity contribution is 0.0919. The number of rotatable bonds is 8. The van der Waals surface area contributed by atoms with Gasteiger partial charge in [0.1, 0.15) is 18.1 Å². The van der Waals surface area contributed by atoms with Crippen molar-refractivity contribution in [1.29, 1.82) is 0 Å². The Morgan fingerprint density at radius 1 is 1.30 bits per heavy atom. The lowest BCUT2D eigenvalue weighted by Crippen LogP contribution is -2.22. The molecule has 0 saturated carbocycles. The number of carbonyl (C=O) groups excluding carboxylic acids is 1. The molecule has 0 unspecified atom stereocenters. The molecule has 0 aliphatic rings. The Labute approximate surface area is 182 Å². The number of nitrogens with zero attached hydrogens (tertiary/aromatic N) is 2. The Hall–Kier alpha value is -2.73. The van der Waals surface area contributed by atoms with Crippen LogP contribution in [0.2, 0.25) is 5.02 Å². The summed E-state index contributed by atoms with van der Waals surface area (Å²) >= 11 is 6.25. The van der Waals surface area contributed by atoms with Crippen molar-refractivity contribution < 1.29 is 13.9 Å². The second-order valence-electron chi connectivity index (χ2n) is 7.60. The summed E-state index contributed by atoms with van der Waals surface area (Å²) < 4.78 is 13.6. The monoisotopic (exact) mass is 429 g/mol. The second kappa shape index (κ2) is 9.39. The van der Waals surface area contributed by atoms with Crippen molar-refractivity contribution in [2.24, 2.45) is 0 Å². The van der Waals surface area contributed by atoms with Crippen LogP contribution in [0, 0.1) is 13.8 Å². The molecule has 0 radical (unpaired) electrons. The summed E-state index contributed by atoms with van der Waals surface area (Å²) in [5.41, 5.74) is 4.03. The predicted octanol–water partition coefficient (Wildman–Crippen LogP) is 5.40. The van der Waals surface area contributed by atoms with E-state index in [0.717, 1.165) is 39.7 Å². The number of benzene rings is 1. The number of carbonyl (C=O) groups is 1. The number of halogens is 1. The maximum Gasteiger partial charge on any atom is 0.287 e. The van der Waals surface area contributed by atoms with Gasteiger partial charge in [-0.1, -0.05) is 25.4 Å². The van der Waals surface area contributed by atoms with E-state index in [9.17, 15) is 4.79 Å². The van der Waals surface area contributed by atoms with Gasteiger partial charge in [-0.2, -0.15) is 5.10 Å². The highest BCUT2D eigenvalue weighted by Gasteiger charge is 2.15. The summed E-state index contributed by atoms with van der Waals surface area (Å²) in [6.07, 6.45) is 1.78. The molecule has 2 heterocycles. The summed E-state index contributed by atoms with van der Waals surface area (Å²) in [7, 11) is 0. The molecule has 0 fully saturated rings. The highest BCUT2D eigenvalue weighted by Crippen LogP contribution is 2.32. The normalized spacial score (nSPS) is 11.2. The molecule has 0 spiro atoms. The second-order valence-corrected chi connectivity index (χ2v) is 8.01. The van der Waals surface area contributed by atoms with Gasteiger partial charge < -0.3 is 14.5 Å². The molecule has 1 amide bonds. The fourth-order valence-corrected chi connectivity index (χ4v) is 3.39. The Balaban J connectivity index is 1.62. The van der Waals surface area contributed by atoms with E-state index in [1.807, 2.05) is 37.6 Å². The van der Waals surface area contributed by atoms with E-state index in [1.54, 1.807) is 18.3 Å². The zero-order chi connectivity index (χ0) is 21.8. The molecule has 160 valence electrons. The SMILES string of the molecule is CCn1ncc(CNC(=O)c2ccc(COc3cc(C)c(Cl)cc3C(C)C)o2)c1C. The molecule has 0 bridgehead atoms. The van der Waals surface area contributed by atoms with Crippen molar-refractivity contribution in [1.82, 2.24) is 15.1 Å². The first-order chi connectivity index (χ1) is 14.3. The lowest BCUT2D eigenvalue weighted by atomic mass is 10.0. The van der Waals surface area contributed by atoms with E-state index < -0.39 is 0 Å². The molecule has 1 N–H and O–H groups in total. The predicted molar refractivity (Wildman–Crippen MR) is 117 cm³/mol. The van der Waals surface area contributed by atoms with Gasteiger partial charge in [0.2, 0.25) is 0 Å². The van der Waals surface area contributed by atoms with Crippen molar-refractivity contribution in [3.8, 4) is 5.75 Å². The largest absolute Gasteiger partial charge is 0.485 e. The van der Waals surface area contributed by atoms with Crippen molar-refractivity contribution >= 4 is 17.5 Å². The zero-order valence-corrected chi connectivity index (χ0v) is 18.8. The molecular formula is C23H28ClN3O3. The number of ether oxygens (including phenoxy) is 1. The van der Waals surface area contributed by atoms with Crippen LogP contribution in [0.4, 0.5) is 0 Å². The number of nitrogens with one attached hydrogen (secondary N) is 1. The van der Waals surface area contributed by atoms with Crippen LogP contribution in [-0.2, 0) is 19.7 Å². The zero-order valence-electron chi connectivity index (χ0n) is 18.1. The van der Waals surface area contributed by atoms with E-state index in [-0.39, 0.29) is 24.2 Å². The molecule has 6 nitrogen and oxygen atoms in total. The first-order valence-corrected chi connectivity index (χ1v) is 10.5. The number of amides is 1. The minimum Gasteiger partial charge on any atom is -0.485 e. The summed E-state index contributed by atoms with van der Waals surface area (Å²) in [5.74, 6) is 1.62. The van der Waals surface area contributed by atoms with Crippen LogP contribution in [0.3, 0.4) is 0 Å². The number of furan rings is 1. The Morgan fingerprint density at radius 3 is 2.73 bits per heavy atom. The molecule has 0 saturated heterocycles. The Morgan fingerprint density at radius 2 is 2.07 bits per heavy atom. The number of hydrogen-bond donors (Lipinski definition) is 1. The van der Waals surface area contributed by atoms with Crippen LogP contribution in [0.5, 0.6) is 5.75 Å². The van der Waals surface area contributed by atoms with Gasteiger partial charge in [0.25, 0.3) is 5.91 Å². The fourth-order valence-electron chi connectivity index (χ4n) is 3.21. The third-order valence-electron chi connectivity index (χ3n) is 5.11. The van der Waals surface area contributed by atoms with Gasteiger partial charge in [0.05, 0.1) is 6.20 Å². The lowest BCUT2D eigenvalue weighted by Gasteiger charge is -2.15. The van der Waals surface area contributed by atoms with E-state index in [1.165, 1.54) is 0 Å². The average molecular weight is 430 g/mol. The number of hydrogen-bond acceptors (Lipinski definition) is 4. The molecule has 0 aliphatic heterocycles. The molecule has 0 aliphatic carbocycles. The minimum absolute atomic E-state index is 0.233. The van der Waals surface area contributed by atoms with Crippen LogP contribution in [0.25, 0.3) is 0 Å².